The molecule has 0 bridgehead atoms. The van der Waals surface area contributed by atoms with Gasteiger partial charge in [0.2, 0.25) is 17.8 Å². The van der Waals surface area contributed by atoms with E-state index in [4.69, 9.17) is 26.1 Å². The Morgan fingerprint density at radius 1 is 1.00 bits per heavy atom. The maximum absolute atomic E-state index is 16.1. The lowest BCUT2D eigenvalue weighted by Crippen LogP contribution is -2.55. The Morgan fingerprint density at radius 3 is 2.51 bits per heavy atom. The first-order chi connectivity index (χ1) is 31.3. The first-order valence-corrected chi connectivity index (χ1v) is 23.1. The number of halogens is 2. The third kappa shape index (κ3) is 8.89. The van der Waals surface area contributed by atoms with Crippen molar-refractivity contribution in [1.29, 1.82) is 0 Å². The van der Waals surface area contributed by atoms with Gasteiger partial charge in [-0.15, -0.1) is 0 Å². The van der Waals surface area contributed by atoms with Gasteiger partial charge < -0.3 is 34.5 Å². The highest BCUT2D eigenvalue weighted by Gasteiger charge is 2.43. The first-order valence-electron chi connectivity index (χ1n) is 22.7. The number of fused-ring (bicyclic) bond motifs is 2. The molecule has 1 aliphatic carbocycles. The molecule has 1 saturated carbocycles. The quantitative estimate of drug-likeness (QED) is 0.151. The third-order valence-corrected chi connectivity index (χ3v) is 14.1. The molecule has 3 saturated heterocycles. The zero-order chi connectivity index (χ0) is 45.7. The molecule has 2 aromatic carbocycles. The molecule has 0 radical (unpaired) electrons. The van der Waals surface area contributed by atoms with Crippen molar-refractivity contribution in [2.45, 2.75) is 121 Å². The summed E-state index contributed by atoms with van der Waals surface area (Å²) in [6.45, 7) is 8.13. The van der Waals surface area contributed by atoms with Crippen LogP contribution < -0.4 is 31.1 Å². The van der Waals surface area contributed by atoms with Crippen molar-refractivity contribution in [2.75, 3.05) is 43.5 Å². The molecular weight excluding hydrogens is 857 g/mol. The molecule has 4 amide bonds. The number of hydrogen-bond donors (Lipinski definition) is 3. The highest BCUT2D eigenvalue weighted by molar-refractivity contribution is 6.33. The van der Waals surface area contributed by atoms with Crippen molar-refractivity contribution in [3.05, 3.63) is 80.5 Å². The summed E-state index contributed by atoms with van der Waals surface area (Å²) in [7, 11) is 1.51. The van der Waals surface area contributed by atoms with Gasteiger partial charge in [0.25, 0.3) is 17.4 Å². The number of carbonyl (C=O) groups is 4. The van der Waals surface area contributed by atoms with Crippen molar-refractivity contribution in [3.63, 3.8) is 0 Å². The standard InChI is InChI=1S/C47H55ClFN9O7/c1-25(2)58-37-8-5-29(18-28(37)19-39(46(58)63)64-24-41(60)50-4)52-43-36(48)22-51-47(54-43)55-14-12-31(13-15-55)65-32-20-30(21-32)56-16-11-27(17-26(56)3)33-6-7-34-35(42(33)49)23-57(45(34)62)38-9-10-40(59)53-44(38)61/h5-8,18-19,22,25-27,30-32,38H,9-17,20-21,23-24H2,1-4H3,(H,50,60)(H,51,52,54)(H,53,59,61)/t26-,27+,30?,32?,38-/m0/s1. The molecule has 9 rings (SSSR count). The van der Waals surface area contributed by atoms with Crippen molar-refractivity contribution in [3.8, 4) is 5.75 Å². The number of likely N-dealkylation sites (N-methyl/N-ethyl adjacent to an activating group) is 1. The normalized spacial score (nSPS) is 24.0. The van der Waals surface area contributed by atoms with Crippen LogP contribution in [-0.4, -0.2) is 112 Å². The Kier molecular flexibility index (Phi) is 12.6. The molecule has 4 fully saturated rings. The number of piperidine rings is 3. The minimum absolute atomic E-state index is 0.0300. The maximum atomic E-state index is 16.1. The zero-order valence-electron chi connectivity index (χ0n) is 37.1. The topological polar surface area (TPSA) is 180 Å². The van der Waals surface area contributed by atoms with Crippen LogP contribution in [0.1, 0.15) is 106 Å². The molecule has 0 spiro atoms. The molecule has 6 heterocycles. The van der Waals surface area contributed by atoms with E-state index in [1.165, 1.54) is 11.9 Å². The fourth-order valence-corrected chi connectivity index (χ4v) is 10.4. The van der Waals surface area contributed by atoms with Gasteiger partial charge in [-0.3, -0.25) is 34.2 Å². The van der Waals surface area contributed by atoms with Crippen LogP contribution in [0, 0.1) is 5.82 Å². The van der Waals surface area contributed by atoms with Crippen molar-refractivity contribution in [2.24, 2.45) is 0 Å². The number of imide groups is 1. The summed E-state index contributed by atoms with van der Waals surface area (Å²) in [5.74, 6) is -0.764. The van der Waals surface area contributed by atoms with E-state index in [1.54, 1.807) is 29.0 Å². The second-order valence-corrected chi connectivity index (χ2v) is 18.7. The van der Waals surface area contributed by atoms with Crippen LogP contribution >= 0.6 is 11.6 Å². The number of nitrogens with one attached hydrogen (secondary N) is 3. The first kappa shape index (κ1) is 44.5. The number of benzene rings is 2. The van der Waals surface area contributed by atoms with Gasteiger partial charge in [-0.2, -0.15) is 4.98 Å². The van der Waals surface area contributed by atoms with Crippen LogP contribution in [0.15, 0.2) is 47.4 Å². The molecule has 2 aromatic heterocycles. The summed E-state index contributed by atoms with van der Waals surface area (Å²) in [5.41, 5.74) is 2.40. The molecular formula is C47H55ClFN9O7. The predicted octanol–water partition coefficient (Wildman–Crippen LogP) is 5.58. The second kappa shape index (κ2) is 18.3. The van der Waals surface area contributed by atoms with Crippen LogP contribution in [0.25, 0.3) is 10.9 Å². The van der Waals surface area contributed by atoms with Gasteiger partial charge in [-0.1, -0.05) is 17.7 Å². The Balaban J connectivity index is 0.757. The largest absolute Gasteiger partial charge is 0.478 e. The van der Waals surface area contributed by atoms with Crippen LogP contribution in [-0.2, 0) is 25.7 Å². The fraction of sp³-hybridized carbons (Fsp3) is 0.511. The van der Waals surface area contributed by atoms with Crippen molar-refractivity contribution >= 4 is 63.6 Å². The van der Waals surface area contributed by atoms with E-state index in [-0.39, 0.29) is 91.1 Å². The third-order valence-electron chi connectivity index (χ3n) is 13.8. The minimum Gasteiger partial charge on any atom is -0.478 e. The average Bonchev–Trinajstić information content (AvgIpc) is 3.61. The molecule has 65 heavy (non-hydrogen) atoms. The van der Waals surface area contributed by atoms with E-state index in [0.717, 1.165) is 69.1 Å². The van der Waals surface area contributed by atoms with E-state index in [0.29, 0.717) is 45.2 Å². The van der Waals surface area contributed by atoms with Crippen LogP contribution in [0.5, 0.6) is 5.75 Å². The lowest BCUT2D eigenvalue weighted by molar-refractivity contribution is -0.137. The van der Waals surface area contributed by atoms with Gasteiger partial charge in [0, 0.05) is 66.9 Å². The summed E-state index contributed by atoms with van der Waals surface area (Å²) in [6.07, 6.45) is 7.56. The summed E-state index contributed by atoms with van der Waals surface area (Å²) in [6, 6.07) is 10.5. The lowest BCUT2D eigenvalue weighted by Gasteiger charge is -2.49. The van der Waals surface area contributed by atoms with E-state index in [9.17, 15) is 24.0 Å². The molecule has 3 N–H and O–H groups in total. The number of rotatable bonds is 12. The Labute approximate surface area is 381 Å². The smallest absolute Gasteiger partial charge is 0.293 e. The monoisotopic (exact) mass is 911 g/mol. The highest BCUT2D eigenvalue weighted by atomic mass is 35.5. The zero-order valence-corrected chi connectivity index (χ0v) is 37.8. The summed E-state index contributed by atoms with van der Waals surface area (Å²) >= 11 is 6.60. The van der Waals surface area contributed by atoms with E-state index in [1.807, 2.05) is 32.0 Å². The van der Waals surface area contributed by atoms with Gasteiger partial charge in [-0.05, 0) is 114 Å². The van der Waals surface area contributed by atoms with Gasteiger partial charge in [-0.25, -0.2) is 9.37 Å². The summed E-state index contributed by atoms with van der Waals surface area (Å²) in [5, 5.41) is 9.24. The molecule has 4 aromatic rings. The minimum atomic E-state index is -0.774. The van der Waals surface area contributed by atoms with Gasteiger partial charge in [0.15, 0.2) is 18.2 Å². The molecule has 4 aliphatic heterocycles. The van der Waals surface area contributed by atoms with Crippen molar-refractivity contribution < 1.29 is 33.0 Å². The number of hydrogen-bond acceptors (Lipinski definition) is 12. The van der Waals surface area contributed by atoms with Crippen molar-refractivity contribution in [1.82, 2.24) is 35.0 Å². The van der Waals surface area contributed by atoms with Crippen LogP contribution in [0.2, 0.25) is 5.02 Å². The molecule has 5 aliphatic rings. The number of pyridine rings is 1. The molecule has 344 valence electrons. The summed E-state index contributed by atoms with van der Waals surface area (Å²) < 4.78 is 30.0. The number of nitrogens with zero attached hydrogens (tertiary/aromatic N) is 6. The van der Waals surface area contributed by atoms with Crippen LogP contribution in [0.3, 0.4) is 0 Å². The lowest BCUT2D eigenvalue weighted by atomic mass is 9.80. The SMILES string of the molecule is CNC(=O)COc1cc2cc(Nc3nc(N4CCC(OC5CC(N6CC[C@@H](c7ccc8c(c7F)CN([C@H]7CCC(=O)NC7=O)C8=O)C[C@@H]6C)C5)CC4)ncc3Cl)ccc2n(C(C)C)c1=O. The number of likely N-dealkylation sites (tertiary alicyclic amines) is 1. The van der Waals surface area contributed by atoms with Gasteiger partial charge in [0.05, 0.1) is 30.5 Å². The van der Waals surface area contributed by atoms with E-state index in [2.05, 4.69) is 37.7 Å². The number of ether oxygens (including phenoxy) is 2. The number of amides is 4. The second-order valence-electron chi connectivity index (χ2n) is 18.3. The van der Waals surface area contributed by atoms with E-state index < -0.39 is 11.9 Å². The maximum Gasteiger partial charge on any atom is 0.293 e. The number of carbonyl (C=O) groups excluding carboxylic acids is 4. The predicted molar refractivity (Wildman–Crippen MR) is 242 cm³/mol. The van der Waals surface area contributed by atoms with Gasteiger partial charge >= 0.3 is 0 Å². The average molecular weight is 912 g/mol. The Bertz CT molecular complexity index is 2590. The Morgan fingerprint density at radius 2 is 1.78 bits per heavy atom. The number of anilines is 3. The molecule has 18 heteroatoms. The number of aromatic nitrogens is 3. The van der Waals surface area contributed by atoms with Crippen LogP contribution in [0.4, 0.5) is 21.8 Å². The van der Waals surface area contributed by atoms with Gasteiger partial charge in [0.1, 0.15) is 16.9 Å². The highest BCUT2D eigenvalue weighted by Crippen LogP contribution is 2.41. The Hall–Kier alpha value is -5.65. The molecule has 0 unspecified atom stereocenters. The molecule has 3 atom stereocenters. The fourth-order valence-electron chi connectivity index (χ4n) is 10.3. The van der Waals surface area contributed by atoms with E-state index >= 15 is 4.39 Å². The molecule has 16 nitrogen and oxygen atoms in total. The summed E-state index contributed by atoms with van der Waals surface area (Å²) in [4.78, 5) is 77.9.